The summed E-state index contributed by atoms with van der Waals surface area (Å²) in [6, 6.07) is 7.63. The van der Waals surface area contributed by atoms with Crippen LogP contribution in [0, 0.1) is 0 Å². The molecule has 1 aromatic carbocycles. The van der Waals surface area contributed by atoms with Crippen LogP contribution >= 0.6 is 11.8 Å². The quantitative estimate of drug-likeness (QED) is 0.264. The van der Waals surface area contributed by atoms with Crippen LogP contribution in [0.2, 0.25) is 0 Å². The van der Waals surface area contributed by atoms with Gasteiger partial charge in [0.1, 0.15) is 0 Å². The SMILES string of the molecule is CC(C)Sc1ccc(/C(N)=N/O)cc1. The fraction of sp³-hybridized carbons (Fsp3) is 0.300. The van der Waals surface area contributed by atoms with Gasteiger partial charge in [-0.15, -0.1) is 11.8 Å². The van der Waals surface area contributed by atoms with Gasteiger partial charge in [-0.25, -0.2) is 0 Å². The molecule has 0 aliphatic rings. The largest absolute Gasteiger partial charge is 0.409 e. The van der Waals surface area contributed by atoms with Crippen LogP contribution in [-0.4, -0.2) is 16.3 Å². The van der Waals surface area contributed by atoms with E-state index in [0.29, 0.717) is 5.25 Å². The Balaban J connectivity index is 2.78. The van der Waals surface area contributed by atoms with E-state index in [1.807, 2.05) is 24.3 Å². The first kappa shape index (κ1) is 10.9. The third kappa shape index (κ3) is 2.96. The summed E-state index contributed by atoms with van der Waals surface area (Å²) < 4.78 is 0. The Morgan fingerprint density at radius 3 is 2.36 bits per heavy atom. The molecule has 3 N–H and O–H groups in total. The summed E-state index contributed by atoms with van der Waals surface area (Å²) in [5, 5.41) is 12.0. The fourth-order valence-electron chi connectivity index (χ4n) is 1.03. The topological polar surface area (TPSA) is 58.6 Å². The maximum atomic E-state index is 8.46. The highest BCUT2D eigenvalue weighted by atomic mass is 32.2. The Kier molecular flexibility index (Phi) is 3.83. The van der Waals surface area contributed by atoms with Gasteiger partial charge >= 0.3 is 0 Å². The average molecular weight is 210 g/mol. The summed E-state index contributed by atoms with van der Waals surface area (Å²) in [5.74, 6) is 0.145. The smallest absolute Gasteiger partial charge is 0.170 e. The molecule has 0 aromatic heterocycles. The Morgan fingerprint density at radius 1 is 1.36 bits per heavy atom. The van der Waals surface area contributed by atoms with Gasteiger partial charge in [0.2, 0.25) is 0 Å². The van der Waals surface area contributed by atoms with E-state index in [-0.39, 0.29) is 5.84 Å². The Bertz CT molecular complexity index is 319. The number of nitrogens with zero attached hydrogens (tertiary/aromatic N) is 1. The zero-order chi connectivity index (χ0) is 10.6. The predicted octanol–water partition coefficient (Wildman–Crippen LogP) is 2.28. The summed E-state index contributed by atoms with van der Waals surface area (Å²) in [7, 11) is 0. The number of amidine groups is 1. The summed E-state index contributed by atoms with van der Waals surface area (Å²) in [6.45, 7) is 4.28. The Labute approximate surface area is 88.0 Å². The number of hydrogen-bond donors (Lipinski definition) is 2. The maximum Gasteiger partial charge on any atom is 0.170 e. The van der Waals surface area contributed by atoms with Crippen molar-refractivity contribution in [1.29, 1.82) is 0 Å². The summed E-state index contributed by atoms with van der Waals surface area (Å²) in [4.78, 5) is 1.19. The molecule has 0 unspecified atom stereocenters. The lowest BCUT2D eigenvalue weighted by Crippen LogP contribution is -2.12. The van der Waals surface area contributed by atoms with E-state index in [2.05, 4.69) is 19.0 Å². The van der Waals surface area contributed by atoms with Crippen LogP contribution in [0.1, 0.15) is 19.4 Å². The van der Waals surface area contributed by atoms with Crippen molar-refractivity contribution in [1.82, 2.24) is 0 Å². The Hall–Kier alpha value is -1.16. The van der Waals surface area contributed by atoms with E-state index in [0.717, 1.165) is 5.56 Å². The lowest BCUT2D eigenvalue weighted by Gasteiger charge is -2.05. The molecule has 0 atom stereocenters. The van der Waals surface area contributed by atoms with Crippen molar-refractivity contribution in [3.8, 4) is 0 Å². The molecule has 0 fully saturated rings. The van der Waals surface area contributed by atoms with Crippen molar-refractivity contribution in [2.24, 2.45) is 10.9 Å². The van der Waals surface area contributed by atoms with Crippen molar-refractivity contribution in [2.45, 2.75) is 24.0 Å². The standard InChI is InChI=1S/C10H14N2OS/c1-7(2)14-9-5-3-8(4-6-9)10(11)12-13/h3-7,13H,1-2H3,(H2,11,12). The van der Waals surface area contributed by atoms with Gasteiger partial charge in [0, 0.05) is 15.7 Å². The number of nitrogens with two attached hydrogens (primary N) is 1. The van der Waals surface area contributed by atoms with Gasteiger partial charge in [0.25, 0.3) is 0 Å². The van der Waals surface area contributed by atoms with E-state index >= 15 is 0 Å². The van der Waals surface area contributed by atoms with Crippen molar-refractivity contribution in [2.75, 3.05) is 0 Å². The Morgan fingerprint density at radius 2 is 1.93 bits per heavy atom. The monoisotopic (exact) mass is 210 g/mol. The van der Waals surface area contributed by atoms with E-state index in [1.165, 1.54) is 4.90 Å². The first-order valence-electron chi connectivity index (χ1n) is 4.38. The molecule has 0 radical (unpaired) electrons. The molecule has 0 aliphatic carbocycles. The predicted molar refractivity (Wildman–Crippen MR) is 59.9 cm³/mol. The number of benzene rings is 1. The van der Waals surface area contributed by atoms with Crippen molar-refractivity contribution >= 4 is 17.6 Å². The molecule has 1 rings (SSSR count). The van der Waals surface area contributed by atoms with Crippen molar-refractivity contribution in [3.63, 3.8) is 0 Å². The van der Waals surface area contributed by atoms with Gasteiger partial charge in [0.05, 0.1) is 0 Å². The second-order valence-electron chi connectivity index (χ2n) is 3.18. The van der Waals surface area contributed by atoms with Crippen LogP contribution in [0.5, 0.6) is 0 Å². The fourth-order valence-corrected chi connectivity index (χ4v) is 1.87. The third-order valence-corrected chi connectivity index (χ3v) is 2.65. The van der Waals surface area contributed by atoms with Gasteiger partial charge in [0.15, 0.2) is 5.84 Å². The van der Waals surface area contributed by atoms with E-state index in [9.17, 15) is 0 Å². The van der Waals surface area contributed by atoms with Crippen LogP contribution in [0.4, 0.5) is 0 Å². The molecular weight excluding hydrogens is 196 g/mol. The minimum atomic E-state index is 0.145. The highest BCUT2D eigenvalue weighted by molar-refractivity contribution is 7.99. The summed E-state index contributed by atoms with van der Waals surface area (Å²) in [5.41, 5.74) is 6.18. The third-order valence-electron chi connectivity index (χ3n) is 1.63. The van der Waals surface area contributed by atoms with Crippen LogP contribution in [0.15, 0.2) is 34.3 Å². The summed E-state index contributed by atoms with van der Waals surface area (Å²) >= 11 is 1.78. The number of oxime groups is 1. The van der Waals surface area contributed by atoms with Gasteiger partial charge in [-0.3, -0.25) is 0 Å². The zero-order valence-corrected chi connectivity index (χ0v) is 9.08. The zero-order valence-electron chi connectivity index (χ0n) is 8.27. The molecule has 1 aromatic rings. The second kappa shape index (κ2) is 4.91. The molecule has 0 amide bonds. The molecule has 0 saturated carbocycles. The first-order valence-corrected chi connectivity index (χ1v) is 5.26. The van der Waals surface area contributed by atoms with Gasteiger partial charge in [-0.05, 0) is 12.1 Å². The normalized spacial score (nSPS) is 12.1. The van der Waals surface area contributed by atoms with Crippen molar-refractivity contribution in [3.05, 3.63) is 29.8 Å². The number of hydrogen-bond acceptors (Lipinski definition) is 3. The van der Waals surface area contributed by atoms with E-state index in [4.69, 9.17) is 10.9 Å². The number of rotatable bonds is 3. The molecule has 4 heteroatoms. The van der Waals surface area contributed by atoms with Crippen LogP contribution in [-0.2, 0) is 0 Å². The van der Waals surface area contributed by atoms with Gasteiger partial charge in [-0.2, -0.15) is 0 Å². The molecule has 0 bridgehead atoms. The lowest BCUT2D eigenvalue weighted by atomic mass is 10.2. The molecule has 76 valence electrons. The molecule has 0 aliphatic heterocycles. The second-order valence-corrected chi connectivity index (χ2v) is 4.83. The highest BCUT2D eigenvalue weighted by Crippen LogP contribution is 2.22. The molecule has 14 heavy (non-hydrogen) atoms. The van der Waals surface area contributed by atoms with Crippen LogP contribution in [0.3, 0.4) is 0 Å². The minimum Gasteiger partial charge on any atom is -0.409 e. The molecule has 0 saturated heterocycles. The molecule has 0 heterocycles. The minimum absolute atomic E-state index is 0.145. The van der Waals surface area contributed by atoms with E-state index < -0.39 is 0 Å². The average Bonchev–Trinajstić information content (AvgIpc) is 2.17. The first-order chi connectivity index (χ1) is 6.63. The number of thioether (sulfide) groups is 1. The van der Waals surface area contributed by atoms with Gasteiger partial charge in [-0.1, -0.05) is 31.1 Å². The maximum absolute atomic E-state index is 8.46. The van der Waals surface area contributed by atoms with E-state index in [1.54, 1.807) is 11.8 Å². The molecule has 0 spiro atoms. The lowest BCUT2D eigenvalue weighted by molar-refractivity contribution is 0.318. The van der Waals surface area contributed by atoms with Gasteiger partial charge < -0.3 is 10.9 Å². The molecular formula is C10H14N2OS. The highest BCUT2D eigenvalue weighted by Gasteiger charge is 2.00. The molecule has 3 nitrogen and oxygen atoms in total. The van der Waals surface area contributed by atoms with Crippen LogP contribution < -0.4 is 5.73 Å². The van der Waals surface area contributed by atoms with Crippen LogP contribution in [0.25, 0.3) is 0 Å². The van der Waals surface area contributed by atoms with Crippen molar-refractivity contribution < 1.29 is 5.21 Å². The summed E-state index contributed by atoms with van der Waals surface area (Å²) in [6.07, 6.45) is 0.